The third kappa shape index (κ3) is 7.34. The molecule has 2 heterocycles. The normalized spacial score (nSPS) is 15.2. The molecule has 0 bridgehead atoms. The lowest BCUT2D eigenvalue weighted by Gasteiger charge is -2.40. The first-order valence-electron chi connectivity index (χ1n) is 13.7. The fraction of sp³-hybridized carbons (Fsp3) is 0.630. The van der Waals surface area contributed by atoms with E-state index in [0.717, 1.165) is 62.1 Å². The summed E-state index contributed by atoms with van der Waals surface area (Å²) in [6.45, 7) is 11.4. The minimum Gasteiger partial charge on any atom is -0.491 e. The molecule has 10 nitrogen and oxygen atoms in total. The molecule has 1 aromatic carbocycles. The van der Waals surface area contributed by atoms with Crippen LogP contribution in [-0.4, -0.2) is 56.8 Å². The average molecular weight is 583 g/mol. The first-order chi connectivity index (χ1) is 18.5. The Balaban J connectivity index is 2.11. The number of ether oxygens (including phenoxy) is 2. The topological polar surface area (TPSA) is 121 Å². The third-order valence-electron chi connectivity index (χ3n) is 6.82. The van der Waals surface area contributed by atoms with Crippen molar-refractivity contribution in [1.82, 2.24) is 4.98 Å². The Labute approximate surface area is 236 Å². The Morgan fingerprint density at radius 1 is 1.26 bits per heavy atom. The minimum atomic E-state index is -4.60. The van der Waals surface area contributed by atoms with Crippen LogP contribution < -0.4 is 20.1 Å². The maximum absolute atomic E-state index is 12.9. The van der Waals surface area contributed by atoms with Crippen LogP contribution in [0.15, 0.2) is 11.0 Å². The summed E-state index contributed by atoms with van der Waals surface area (Å²) in [7, 11) is -2.95. The largest absolute Gasteiger partial charge is 0.491 e. The van der Waals surface area contributed by atoms with Gasteiger partial charge < -0.3 is 14.4 Å². The van der Waals surface area contributed by atoms with E-state index in [1.54, 1.807) is 27.0 Å². The molecule has 1 aliphatic heterocycles. The molecule has 2 N–H and O–H groups in total. The third-order valence-corrected chi connectivity index (χ3v) is 8.84. The number of nitrogens with zero attached hydrogens (tertiary/aromatic N) is 3. The van der Waals surface area contributed by atoms with Crippen molar-refractivity contribution in [2.75, 3.05) is 42.1 Å². The van der Waals surface area contributed by atoms with Crippen molar-refractivity contribution in [3.05, 3.63) is 22.2 Å². The molecular weight excluding hydrogens is 540 g/mol. The second-order valence-electron chi connectivity index (χ2n) is 9.84. The van der Waals surface area contributed by atoms with Gasteiger partial charge in [0.1, 0.15) is 15.5 Å². The lowest BCUT2D eigenvalue weighted by Crippen LogP contribution is -2.39. The van der Waals surface area contributed by atoms with Gasteiger partial charge in [-0.3, -0.25) is 15.0 Å². The van der Waals surface area contributed by atoms with Gasteiger partial charge >= 0.3 is 5.97 Å². The highest BCUT2D eigenvalue weighted by molar-refractivity contribution is 7.86. The molecular formula is C27H42N4O6S2. The number of hydrogen-bond donors (Lipinski definition) is 2. The van der Waals surface area contributed by atoms with E-state index in [9.17, 15) is 17.8 Å². The summed E-state index contributed by atoms with van der Waals surface area (Å²) < 4.78 is 47.7. The zero-order valence-corrected chi connectivity index (χ0v) is 25.5. The maximum Gasteiger partial charge on any atom is 0.350 e. The number of anilines is 3. The van der Waals surface area contributed by atoms with Crippen molar-refractivity contribution >= 4 is 43.9 Å². The van der Waals surface area contributed by atoms with E-state index in [0.29, 0.717) is 40.0 Å². The number of aryl methyl sites for hydroxylation is 1. The number of hydrogen-bond acceptors (Lipinski definition) is 10. The van der Waals surface area contributed by atoms with Crippen LogP contribution in [0.2, 0.25) is 0 Å². The van der Waals surface area contributed by atoms with Gasteiger partial charge in [-0.05, 0) is 46.5 Å². The molecule has 3 rings (SSSR count). The molecule has 1 aliphatic rings. The number of nitrogens with one attached hydrogen (secondary N) is 1. The van der Waals surface area contributed by atoms with Crippen molar-refractivity contribution in [1.29, 1.82) is 0 Å². The molecule has 0 spiro atoms. The summed E-state index contributed by atoms with van der Waals surface area (Å²) in [6.07, 6.45) is 6.17. The molecule has 1 atom stereocenters. The maximum atomic E-state index is 12.9. The lowest BCUT2D eigenvalue weighted by molar-refractivity contribution is 0.0531. The molecule has 1 aromatic heterocycles. The summed E-state index contributed by atoms with van der Waals surface area (Å²) in [5.41, 5.74) is 5.15. The highest BCUT2D eigenvalue weighted by Gasteiger charge is 2.35. The van der Waals surface area contributed by atoms with Gasteiger partial charge in [0.05, 0.1) is 30.3 Å². The van der Waals surface area contributed by atoms with Crippen molar-refractivity contribution < 1.29 is 27.2 Å². The monoisotopic (exact) mass is 582 g/mol. The van der Waals surface area contributed by atoms with Gasteiger partial charge in [0.2, 0.25) is 5.13 Å². The van der Waals surface area contributed by atoms with E-state index in [4.69, 9.17) is 9.47 Å². The number of carbonyl (C=O) groups excluding carboxylic acids is 1. The average Bonchev–Trinajstić information content (AvgIpc) is 3.24. The predicted octanol–water partition coefficient (Wildman–Crippen LogP) is 5.85. The molecule has 0 fully saturated rings. The fourth-order valence-corrected chi connectivity index (χ4v) is 6.69. The zero-order chi connectivity index (χ0) is 28.7. The van der Waals surface area contributed by atoms with E-state index >= 15 is 0 Å². The first-order valence-corrected chi connectivity index (χ1v) is 16.0. The Morgan fingerprint density at radius 2 is 1.97 bits per heavy atom. The molecule has 0 amide bonds. The van der Waals surface area contributed by atoms with Gasteiger partial charge in [-0.25, -0.2) is 9.78 Å². The van der Waals surface area contributed by atoms with Crippen molar-refractivity contribution in [3.8, 4) is 5.75 Å². The Morgan fingerprint density at radius 3 is 2.62 bits per heavy atom. The summed E-state index contributed by atoms with van der Waals surface area (Å²) in [4.78, 5) is 19.2. The predicted molar refractivity (Wildman–Crippen MR) is 156 cm³/mol. The molecule has 1 unspecified atom stereocenters. The van der Waals surface area contributed by atoms with Crippen LogP contribution in [-0.2, 0) is 21.3 Å². The highest BCUT2D eigenvalue weighted by atomic mass is 32.2. The number of benzene rings is 1. The van der Waals surface area contributed by atoms with Crippen LogP contribution in [0.4, 0.5) is 16.5 Å². The van der Waals surface area contributed by atoms with E-state index in [-0.39, 0.29) is 23.2 Å². The van der Waals surface area contributed by atoms with Gasteiger partial charge in [-0.1, -0.05) is 44.4 Å². The molecule has 218 valence electrons. The Kier molecular flexibility index (Phi) is 10.9. The second-order valence-corrected chi connectivity index (χ2v) is 12.2. The van der Waals surface area contributed by atoms with E-state index < -0.39 is 16.1 Å². The Bertz CT molecular complexity index is 1250. The summed E-state index contributed by atoms with van der Waals surface area (Å²) in [6, 6.07) is 1.89. The number of hydrazine groups is 1. The molecule has 0 aliphatic carbocycles. The van der Waals surface area contributed by atoms with Crippen LogP contribution in [0.1, 0.15) is 87.1 Å². The van der Waals surface area contributed by atoms with Crippen LogP contribution in [0.25, 0.3) is 0 Å². The standard InChI is InChI=1S/C27H42N4O6S2/c1-7-10-12-16-37-22-17-21(30(6)29-27-28-19(5)24(38-27)26(32)36-9-3)25(39(33,34)35)20-14-13-18(4)31(23(20)22)15-11-8-2/h17-18H,7-16H2,1-6H3,(H,28,29)(H,33,34,35). The van der Waals surface area contributed by atoms with Gasteiger partial charge in [-0.2, -0.15) is 8.42 Å². The molecule has 39 heavy (non-hydrogen) atoms. The van der Waals surface area contributed by atoms with Crippen LogP contribution in [0, 0.1) is 6.92 Å². The van der Waals surface area contributed by atoms with Crippen molar-refractivity contribution in [2.24, 2.45) is 0 Å². The molecule has 0 radical (unpaired) electrons. The number of carbonyl (C=O) groups is 1. The molecule has 2 aromatic rings. The fourth-order valence-electron chi connectivity index (χ4n) is 4.82. The van der Waals surface area contributed by atoms with Crippen LogP contribution >= 0.6 is 11.3 Å². The number of thiazole rings is 1. The van der Waals surface area contributed by atoms with E-state index in [1.807, 2.05) is 0 Å². The minimum absolute atomic E-state index is 0.138. The van der Waals surface area contributed by atoms with Crippen LogP contribution in [0.5, 0.6) is 5.75 Å². The Hall–Kier alpha value is -2.57. The highest BCUT2D eigenvalue weighted by Crippen LogP contribution is 2.47. The van der Waals surface area contributed by atoms with Gasteiger partial charge in [0, 0.05) is 31.3 Å². The SMILES string of the molecule is CCCCCOc1cc(N(C)Nc2nc(C)c(C(=O)OCC)s2)c(S(=O)(=O)O)c2c1N(CCCC)C(C)CC2. The smallest absolute Gasteiger partial charge is 0.350 e. The molecule has 12 heteroatoms. The van der Waals surface area contributed by atoms with Gasteiger partial charge in [0.15, 0.2) is 0 Å². The quantitative estimate of drug-likeness (QED) is 0.121. The van der Waals surface area contributed by atoms with Crippen LogP contribution in [0.3, 0.4) is 0 Å². The second kappa shape index (κ2) is 13.7. The number of unbranched alkanes of at least 4 members (excludes halogenated alkanes) is 3. The molecule has 0 saturated carbocycles. The van der Waals surface area contributed by atoms with E-state index in [2.05, 4.69) is 36.1 Å². The zero-order valence-electron chi connectivity index (χ0n) is 23.9. The summed E-state index contributed by atoms with van der Waals surface area (Å²) >= 11 is 1.12. The number of esters is 1. The van der Waals surface area contributed by atoms with Crippen molar-refractivity contribution in [2.45, 2.75) is 90.5 Å². The lowest BCUT2D eigenvalue weighted by atomic mass is 9.94. The number of aromatic nitrogens is 1. The van der Waals surface area contributed by atoms with E-state index in [1.165, 1.54) is 5.01 Å². The number of rotatable bonds is 14. The van der Waals surface area contributed by atoms with Gasteiger partial charge in [-0.15, -0.1) is 0 Å². The summed E-state index contributed by atoms with van der Waals surface area (Å²) in [5, 5.41) is 1.89. The van der Waals surface area contributed by atoms with Gasteiger partial charge in [0.25, 0.3) is 10.1 Å². The summed E-state index contributed by atoms with van der Waals surface area (Å²) in [5.74, 6) is 0.141. The first kappa shape index (κ1) is 31.0. The number of fused-ring (bicyclic) bond motifs is 1. The molecule has 0 saturated heterocycles. The van der Waals surface area contributed by atoms with Crippen molar-refractivity contribution in [3.63, 3.8) is 0 Å².